The van der Waals surface area contributed by atoms with Gasteiger partial charge < -0.3 is 15.1 Å². The molecule has 1 spiro atoms. The maximum atomic E-state index is 5.39. The van der Waals surface area contributed by atoms with Crippen molar-refractivity contribution in [1.29, 1.82) is 0 Å². The molecule has 0 radical (unpaired) electrons. The molecule has 2 aliphatic heterocycles. The van der Waals surface area contributed by atoms with Crippen LogP contribution < -0.4 is 10.2 Å². The summed E-state index contributed by atoms with van der Waals surface area (Å²) in [6, 6.07) is 15.6. The summed E-state index contributed by atoms with van der Waals surface area (Å²) in [5.41, 5.74) is 1.39. The number of fused-ring (bicyclic) bond motifs is 1. The van der Waals surface area contributed by atoms with E-state index in [0.717, 1.165) is 32.6 Å². The highest BCUT2D eigenvalue weighted by Gasteiger charge is 2.41. The Balaban J connectivity index is 1.53. The molecule has 5 rings (SSSR count). The molecule has 1 aliphatic carbocycles. The summed E-state index contributed by atoms with van der Waals surface area (Å²) in [5.74, 6) is 1.32. The molecule has 0 aromatic heterocycles. The van der Waals surface area contributed by atoms with Gasteiger partial charge in [0, 0.05) is 24.2 Å². The van der Waals surface area contributed by atoms with E-state index >= 15 is 0 Å². The van der Waals surface area contributed by atoms with Crippen molar-refractivity contribution in [1.82, 2.24) is 10.2 Å². The Bertz CT molecular complexity index is 872. The quantitative estimate of drug-likeness (QED) is 0.791. The largest absolute Gasteiger partial charge is 0.328 e. The van der Waals surface area contributed by atoms with E-state index in [1.54, 1.807) is 0 Å². The number of rotatable bonds is 4. The van der Waals surface area contributed by atoms with Gasteiger partial charge in [0.05, 0.1) is 12.1 Å². The Morgan fingerprint density at radius 1 is 0.833 bits per heavy atom. The molecule has 4 heteroatoms. The lowest BCUT2D eigenvalue weighted by atomic mass is 9.80. The van der Waals surface area contributed by atoms with Crippen LogP contribution in [0.5, 0.6) is 0 Å². The van der Waals surface area contributed by atoms with Gasteiger partial charge in [0.1, 0.15) is 5.84 Å². The van der Waals surface area contributed by atoms with Gasteiger partial charge in [-0.15, -0.1) is 0 Å². The molecule has 0 unspecified atom stereocenters. The SMILES string of the molecule is c1ccc2c(N3CCCNC4(CCCCC4)/C3=N/CCN3CCCC3)cccc2c1. The molecule has 3 fully saturated rings. The molecule has 0 bridgehead atoms. The van der Waals surface area contributed by atoms with Gasteiger partial charge in [-0.3, -0.25) is 4.99 Å². The molecule has 2 heterocycles. The molecule has 3 aliphatic rings. The molecule has 30 heavy (non-hydrogen) atoms. The normalized spacial score (nSPS) is 24.0. The van der Waals surface area contributed by atoms with E-state index in [4.69, 9.17) is 4.99 Å². The molecular weight excluding hydrogens is 368 g/mol. The van der Waals surface area contributed by atoms with Crippen molar-refractivity contribution in [2.45, 2.75) is 56.9 Å². The number of hydrogen-bond acceptors (Lipinski definition) is 3. The Hall–Kier alpha value is -1.91. The first-order chi connectivity index (χ1) is 14.9. The van der Waals surface area contributed by atoms with Crippen LogP contribution in [-0.2, 0) is 0 Å². The highest BCUT2D eigenvalue weighted by molar-refractivity contribution is 6.10. The second kappa shape index (κ2) is 9.07. The second-order valence-electron chi connectivity index (χ2n) is 9.33. The zero-order valence-corrected chi connectivity index (χ0v) is 18.3. The third kappa shape index (κ3) is 4.00. The Labute approximate surface area is 181 Å². The number of likely N-dealkylation sites (tertiary alicyclic amines) is 1. The van der Waals surface area contributed by atoms with Crippen LogP contribution in [-0.4, -0.2) is 55.5 Å². The van der Waals surface area contributed by atoms with Crippen LogP contribution in [0.1, 0.15) is 51.4 Å². The van der Waals surface area contributed by atoms with Crippen molar-refractivity contribution in [3.63, 3.8) is 0 Å². The highest BCUT2D eigenvalue weighted by Crippen LogP contribution is 2.36. The van der Waals surface area contributed by atoms with Crippen LogP contribution in [0.2, 0.25) is 0 Å². The minimum absolute atomic E-state index is 0.0523. The lowest BCUT2D eigenvalue weighted by Crippen LogP contribution is -2.57. The lowest BCUT2D eigenvalue weighted by molar-refractivity contribution is 0.313. The summed E-state index contributed by atoms with van der Waals surface area (Å²) in [7, 11) is 0. The van der Waals surface area contributed by atoms with Crippen molar-refractivity contribution in [2.75, 3.05) is 44.2 Å². The number of hydrogen-bond donors (Lipinski definition) is 1. The van der Waals surface area contributed by atoms with Crippen molar-refractivity contribution in [3.05, 3.63) is 42.5 Å². The fourth-order valence-corrected chi connectivity index (χ4v) is 5.78. The third-order valence-electron chi connectivity index (χ3n) is 7.35. The summed E-state index contributed by atoms with van der Waals surface area (Å²) < 4.78 is 0. The van der Waals surface area contributed by atoms with Crippen molar-refractivity contribution in [2.24, 2.45) is 4.99 Å². The Morgan fingerprint density at radius 3 is 2.50 bits per heavy atom. The molecule has 1 saturated carbocycles. The second-order valence-corrected chi connectivity index (χ2v) is 9.33. The molecule has 4 nitrogen and oxygen atoms in total. The van der Waals surface area contributed by atoms with Crippen LogP contribution in [0.4, 0.5) is 5.69 Å². The predicted molar refractivity (Wildman–Crippen MR) is 128 cm³/mol. The molecular formula is C26H36N4. The predicted octanol–water partition coefficient (Wildman–Crippen LogP) is 4.84. The molecule has 2 aromatic carbocycles. The Morgan fingerprint density at radius 2 is 1.63 bits per heavy atom. The van der Waals surface area contributed by atoms with Gasteiger partial charge in [-0.25, -0.2) is 0 Å². The maximum Gasteiger partial charge on any atom is 0.124 e. The van der Waals surface area contributed by atoms with E-state index in [0.29, 0.717) is 0 Å². The van der Waals surface area contributed by atoms with Gasteiger partial charge in [-0.2, -0.15) is 0 Å². The number of benzene rings is 2. The minimum Gasteiger partial charge on any atom is -0.328 e. The van der Waals surface area contributed by atoms with Crippen LogP contribution >= 0.6 is 0 Å². The monoisotopic (exact) mass is 404 g/mol. The molecule has 0 atom stereocenters. The van der Waals surface area contributed by atoms with Crippen molar-refractivity contribution in [3.8, 4) is 0 Å². The first kappa shape index (κ1) is 20.0. The first-order valence-electron chi connectivity index (χ1n) is 12.1. The number of aliphatic imine (C=N–C) groups is 1. The van der Waals surface area contributed by atoms with E-state index in [2.05, 4.69) is 57.6 Å². The average molecular weight is 405 g/mol. The number of nitrogens with one attached hydrogen (secondary N) is 1. The highest BCUT2D eigenvalue weighted by atomic mass is 15.3. The van der Waals surface area contributed by atoms with Gasteiger partial charge in [-0.1, -0.05) is 55.7 Å². The first-order valence-corrected chi connectivity index (χ1v) is 12.1. The van der Waals surface area contributed by atoms with E-state index in [1.165, 1.54) is 80.3 Å². The van der Waals surface area contributed by atoms with Gasteiger partial charge >= 0.3 is 0 Å². The molecule has 160 valence electrons. The number of anilines is 1. The lowest BCUT2D eigenvalue weighted by Gasteiger charge is -2.42. The van der Waals surface area contributed by atoms with Gasteiger partial charge in [0.15, 0.2) is 0 Å². The van der Waals surface area contributed by atoms with Crippen molar-refractivity contribution < 1.29 is 0 Å². The topological polar surface area (TPSA) is 30.9 Å². The van der Waals surface area contributed by atoms with Gasteiger partial charge in [-0.05, 0) is 63.2 Å². The average Bonchev–Trinajstić information content (AvgIpc) is 3.26. The molecule has 2 saturated heterocycles. The van der Waals surface area contributed by atoms with Crippen LogP contribution in [0.15, 0.2) is 47.5 Å². The summed E-state index contributed by atoms with van der Waals surface area (Å²) in [6.07, 6.45) is 10.3. The van der Waals surface area contributed by atoms with Crippen molar-refractivity contribution >= 4 is 22.3 Å². The smallest absolute Gasteiger partial charge is 0.124 e. The summed E-state index contributed by atoms with van der Waals surface area (Å²) >= 11 is 0. The molecule has 0 amide bonds. The summed E-state index contributed by atoms with van der Waals surface area (Å²) in [6.45, 7) is 6.66. The Kier molecular flexibility index (Phi) is 6.05. The van der Waals surface area contributed by atoms with Crippen LogP contribution in [0.3, 0.4) is 0 Å². The fraction of sp³-hybridized carbons (Fsp3) is 0.577. The third-order valence-corrected chi connectivity index (χ3v) is 7.35. The van der Waals surface area contributed by atoms with Gasteiger partial charge in [0.2, 0.25) is 0 Å². The zero-order chi connectivity index (χ0) is 20.2. The van der Waals surface area contributed by atoms with E-state index in [9.17, 15) is 0 Å². The zero-order valence-electron chi connectivity index (χ0n) is 18.3. The van der Waals surface area contributed by atoms with Crippen LogP contribution in [0, 0.1) is 0 Å². The van der Waals surface area contributed by atoms with E-state index < -0.39 is 0 Å². The van der Waals surface area contributed by atoms with Gasteiger partial charge in [0.25, 0.3) is 0 Å². The summed E-state index contributed by atoms with van der Waals surface area (Å²) in [5, 5.41) is 6.66. The number of amidine groups is 1. The van der Waals surface area contributed by atoms with Crippen LogP contribution in [0.25, 0.3) is 10.8 Å². The molecule has 2 aromatic rings. The maximum absolute atomic E-state index is 5.39. The standard InChI is InChI=1S/C26H36N4/c1-4-14-26(15-5-1)25(27-17-21-29-18-6-7-19-29)30(20-9-16-28-26)24-13-8-11-22-10-2-3-12-23(22)24/h2-3,8,10-13,28H,1,4-7,9,14-21H2/b27-25-. The van der Waals surface area contributed by atoms with E-state index in [1.807, 2.05) is 0 Å². The molecule has 1 N–H and O–H groups in total. The fourth-order valence-electron chi connectivity index (χ4n) is 5.78. The minimum atomic E-state index is 0.0523. The van der Waals surface area contributed by atoms with E-state index in [-0.39, 0.29) is 5.54 Å². The summed E-state index contributed by atoms with van der Waals surface area (Å²) in [4.78, 5) is 10.6. The number of nitrogens with zero attached hydrogens (tertiary/aromatic N) is 3.